The van der Waals surface area contributed by atoms with Gasteiger partial charge in [-0.15, -0.1) is 0 Å². The van der Waals surface area contributed by atoms with Crippen LogP contribution < -0.4 is 4.90 Å². The standard InChI is InChI=1S/C19H16F2N2O/c20-14-6-7-15(16(21)11-14)18-12-23(9-10-24-18)19-8-5-13-3-1-2-4-17(13)22-19/h1-8,11,18H,9-10,12H2. The van der Waals surface area contributed by atoms with Crippen molar-refractivity contribution >= 4 is 16.7 Å². The maximum atomic E-state index is 14.0. The van der Waals surface area contributed by atoms with Crippen LogP contribution in [0.1, 0.15) is 11.7 Å². The van der Waals surface area contributed by atoms with E-state index >= 15 is 0 Å². The third-order valence-corrected chi connectivity index (χ3v) is 4.28. The third-order valence-electron chi connectivity index (χ3n) is 4.28. The summed E-state index contributed by atoms with van der Waals surface area (Å²) in [6.45, 7) is 1.63. The molecule has 4 rings (SSSR count). The number of hydrogen-bond donors (Lipinski definition) is 0. The topological polar surface area (TPSA) is 25.4 Å². The van der Waals surface area contributed by atoms with Gasteiger partial charge in [0.05, 0.1) is 12.1 Å². The molecule has 24 heavy (non-hydrogen) atoms. The summed E-state index contributed by atoms with van der Waals surface area (Å²) in [4.78, 5) is 6.75. The van der Waals surface area contributed by atoms with Crippen LogP contribution in [0.5, 0.6) is 0 Å². The van der Waals surface area contributed by atoms with Gasteiger partial charge >= 0.3 is 0 Å². The fourth-order valence-electron chi connectivity index (χ4n) is 3.04. The van der Waals surface area contributed by atoms with Gasteiger partial charge in [0.15, 0.2) is 0 Å². The second-order valence-electron chi connectivity index (χ2n) is 5.83. The first-order valence-corrected chi connectivity index (χ1v) is 7.88. The van der Waals surface area contributed by atoms with Crippen LogP contribution in [-0.2, 0) is 4.74 Å². The van der Waals surface area contributed by atoms with Crippen LogP contribution in [0.25, 0.3) is 10.9 Å². The number of fused-ring (bicyclic) bond motifs is 1. The third kappa shape index (κ3) is 2.83. The summed E-state index contributed by atoms with van der Waals surface area (Å²) in [5, 5.41) is 1.08. The van der Waals surface area contributed by atoms with Crippen LogP contribution in [0.2, 0.25) is 0 Å². The van der Waals surface area contributed by atoms with E-state index in [0.29, 0.717) is 25.3 Å². The lowest BCUT2D eigenvalue weighted by Crippen LogP contribution is -2.39. The van der Waals surface area contributed by atoms with Gasteiger partial charge in [-0.1, -0.05) is 24.3 Å². The van der Waals surface area contributed by atoms with Gasteiger partial charge in [-0.2, -0.15) is 0 Å². The highest BCUT2D eigenvalue weighted by molar-refractivity contribution is 5.80. The molecule has 1 unspecified atom stereocenters. The van der Waals surface area contributed by atoms with E-state index < -0.39 is 17.7 Å². The number of halogens is 2. The average Bonchev–Trinajstić information content (AvgIpc) is 2.61. The fraction of sp³-hybridized carbons (Fsp3) is 0.211. The van der Waals surface area contributed by atoms with Crippen LogP contribution in [-0.4, -0.2) is 24.7 Å². The molecule has 122 valence electrons. The quantitative estimate of drug-likeness (QED) is 0.709. The summed E-state index contributed by atoms with van der Waals surface area (Å²) >= 11 is 0. The molecule has 0 amide bonds. The Bertz CT molecular complexity index is 884. The Morgan fingerprint density at radius 3 is 2.79 bits per heavy atom. The van der Waals surface area contributed by atoms with E-state index in [0.717, 1.165) is 22.8 Å². The normalized spacial score (nSPS) is 18.1. The van der Waals surface area contributed by atoms with Gasteiger partial charge in [-0.3, -0.25) is 0 Å². The highest BCUT2D eigenvalue weighted by Gasteiger charge is 2.25. The van der Waals surface area contributed by atoms with Crippen molar-refractivity contribution in [2.24, 2.45) is 0 Å². The van der Waals surface area contributed by atoms with E-state index in [1.54, 1.807) is 0 Å². The van der Waals surface area contributed by atoms with Crippen LogP contribution in [0, 0.1) is 11.6 Å². The van der Waals surface area contributed by atoms with E-state index in [2.05, 4.69) is 9.88 Å². The highest BCUT2D eigenvalue weighted by Crippen LogP contribution is 2.28. The van der Waals surface area contributed by atoms with Gasteiger partial charge in [-0.05, 0) is 24.3 Å². The highest BCUT2D eigenvalue weighted by atomic mass is 19.1. The first-order valence-electron chi connectivity index (χ1n) is 7.88. The molecule has 0 saturated carbocycles. The molecule has 0 aliphatic carbocycles. The van der Waals surface area contributed by atoms with Gasteiger partial charge in [0.2, 0.25) is 0 Å². The Hall–Kier alpha value is -2.53. The summed E-state index contributed by atoms with van der Waals surface area (Å²) in [7, 11) is 0. The van der Waals surface area contributed by atoms with Crippen LogP contribution >= 0.6 is 0 Å². The molecule has 0 N–H and O–H groups in total. The molecule has 5 heteroatoms. The molecule has 1 saturated heterocycles. The van der Waals surface area contributed by atoms with Crippen molar-refractivity contribution in [2.75, 3.05) is 24.6 Å². The zero-order valence-electron chi connectivity index (χ0n) is 13.0. The summed E-state index contributed by atoms with van der Waals surface area (Å²) in [5.74, 6) is -0.321. The summed E-state index contributed by atoms with van der Waals surface area (Å²) in [5.41, 5.74) is 1.30. The van der Waals surface area contributed by atoms with Gasteiger partial charge < -0.3 is 9.64 Å². The number of nitrogens with zero attached hydrogens (tertiary/aromatic N) is 2. The van der Waals surface area contributed by atoms with Gasteiger partial charge in [0.25, 0.3) is 0 Å². The Morgan fingerprint density at radius 1 is 1.04 bits per heavy atom. The number of para-hydroxylation sites is 1. The Labute approximate surface area is 138 Å². The summed E-state index contributed by atoms with van der Waals surface area (Å²) < 4.78 is 32.8. The number of anilines is 1. The lowest BCUT2D eigenvalue weighted by molar-refractivity contribution is 0.0372. The molecule has 3 aromatic rings. The molecule has 1 fully saturated rings. The van der Waals surface area contributed by atoms with Crippen molar-refractivity contribution in [3.05, 3.63) is 71.8 Å². The maximum absolute atomic E-state index is 14.0. The molecule has 1 atom stereocenters. The predicted octanol–water partition coefficient (Wildman–Crippen LogP) is 4.09. The molecule has 0 radical (unpaired) electrons. The van der Waals surface area contributed by atoms with Crippen molar-refractivity contribution < 1.29 is 13.5 Å². The molecule has 3 nitrogen and oxygen atoms in total. The Morgan fingerprint density at radius 2 is 1.92 bits per heavy atom. The molecule has 1 aromatic heterocycles. The number of morpholine rings is 1. The minimum absolute atomic E-state index is 0.377. The van der Waals surface area contributed by atoms with Crippen molar-refractivity contribution in [3.8, 4) is 0 Å². The van der Waals surface area contributed by atoms with E-state index in [4.69, 9.17) is 4.74 Å². The van der Waals surface area contributed by atoms with Crippen LogP contribution in [0.3, 0.4) is 0 Å². The zero-order chi connectivity index (χ0) is 16.5. The first kappa shape index (κ1) is 15.0. The van der Waals surface area contributed by atoms with Crippen molar-refractivity contribution in [1.82, 2.24) is 4.98 Å². The molecule has 1 aliphatic heterocycles. The first-order chi connectivity index (χ1) is 11.7. The number of aromatic nitrogens is 1. The van der Waals surface area contributed by atoms with Crippen molar-refractivity contribution in [3.63, 3.8) is 0 Å². The lowest BCUT2D eigenvalue weighted by Gasteiger charge is -2.34. The lowest BCUT2D eigenvalue weighted by atomic mass is 10.1. The van der Waals surface area contributed by atoms with Crippen LogP contribution in [0.15, 0.2) is 54.6 Å². The second-order valence-corrected chi connectivity index (χ2v) is 5.83. The zero-order valence-corrected chi connectivity index (χ0v) is 13.0. The van der Waals surface area contributed by atoms with E-state index in [1.165, 1.54) is 12.1 Å². The van der Waals surface area contributed by atoms with E-state index in [-0.39, 0.29) is 0 Å². The van der Waals surface area contributed by atoms with Gasteiger partial charge in [0, 0.05) is 30.1 Å². The van der Waals surface area contributed by atoms with Crippen molar-refractivity contribution in [2.45, 2.75) is 6.10 Å². The summed E-state index contributed by atoms with van der Waals surface area (Å²) in [6, 6.07) is 15.5. The fourth-order valence-corrected chi connectivity index (χ4v) is 3.04. The van der Waals surface area contributed by atoms with Gasteiger partial charge in [-0.25, -0.2) is 13.8 Å². The molecular formula is C19H16F2N2O. The van der Waals surface area contributed by atoms with Crippen molar-refractivity contribution in [1.29, 1.82) is 0 Å². The van der Waals surface area contributed by atoms with E-state index in [1.807, 2.05) is 36.4 Å². The smallest absolute Gasteiger partial charge is 0.131 e. The maximum Gasteiger partial charge on any atom is 0.131 e. The minimum atomic E-state index is -0.583. The number of rotatable bonds is 2. The molecule has 2 aromatic carbocycles. The SMILES string of the molecule is Fc1ccc(C2CN(c3ccc4ccccc4n3)CCO2)c(F)c1. The number of benzene rings is 2. The molecule has 1 aliphatic rings. The largest absolute Gasteiger partial charge is 0.370 e. The molecule has 0 spiro atoms. The monoisotopic (exact) mass is 326 g/mol. The van der Waals surface area contributed by atoms with Crippen LogP contribution in [0.4, 0.5) is 14.6 Å². The molecular weight excluding hydrogens is 310 g/mol. The predicted molar refractivity (Wildman–Crippen MR) is 89.0 cm³/mol. The number of ether oxygens (including phenoxy) is 1. The summed E-state index contributed by atoms with van der Waals surface area (Å²) in [6.07, 6.45) is -0.437. The molecule has 2 heterocycles. The second kappa shape index (κ2) is 6.17. The Kier molecular flexibility index (Phi) is 3.86. The molecule has 0 bridgehead atoms. The van der Waals surface area contributed by atoms with E-state index in [9.17, 15) is 8.78 Å². The average molecular weight is 326 g/mol. The minimum Gasteiger partial charge on any atom is -0.370 e. The van der Waals surface area contributed by atoms with Gasteiger partial charge in [0.1, 0.15) is 23.6 Å². The Balaban J connectivity index is 1.61. The number of hydrogen-bond acceptors (Lipinski definition) is 3. The number of pyridine rings is 1.